The van der Waals surface area contributed by atoms with Gasteiger partial charge in [0.1, 0.15) is 18.0 Å². The Balaban J connectivity index is 1.32. The summed E-state index contributed by atoms with van der Waals surface area (Å²) in [5.74, 6) is 0.502. The molecule has 0 spiro atoms. The summed E-state index contributed by atoms with van der Waals surface area (Å²) in [6.45, 7) is 3.71. The van der Waals surface area contributed by atoms with Gasteiger partial charge < -0.3 is 28.4 Å². The molecule has 6 rings (SSSR count). The smallest absolute Gasteiger partial charge is 0.208 e. The highest BCUT2D eigenvalue weighted by molar-refractivity contribution is 5.41. The highest BCUT2D eigenvalue weighted by atomic mass is 16.7. The van der Waals surface area contributed by atoms with Crippen molar-refractivity contribution < 1.29 is 28.4 Å². The van der Waals surface area contributed by atoms with Crippen LogP contribution >= 0.6 is 0 Å². The van der Waals surface area contributed by atoms with E-state index >= 15 is 0 Å². The lowest BCUT2D eigenvalue weighted by Crippen LogP contribution is -2.61. The summed E-state index contributed by atoms with van der Waals surface area (Å²) in [5, 5.41) is 0. The van der Waals surface area contributed by atoms with Crippen molar-refractivity contribution in [1.29, 1.82) is 0 Å². The quantitative estimate of drug-likeness (QED) is 0.199. The number of ether oxygens (including phenoxy) is 6. The fourth-order valence-corrected chi connectivity index (χ4v) is 5.90. The molecular formula is C36H38O6. The van der Waals surface area contributed by atoms with Gasteiger partial charge in [-0.05, 0) is 35.7 Å². The predicted octanol–water partition coefficient (Wildman–Crippen LogP) is 6.80. The molecule has 6 heteroatoms. The van der Waals surface area contributed by atoms with Gasteiger partial charge in [0.25, 0.3) is 0 Å². The lowest BCUT2D eigenvalue weighted by atomic mass is 9.81. The molecule has 6 unspecified atom stereocenters. The standard InChI is InChI=1S/C36H38O6/c1-25-18-19-30-29(20-25)33(37-2)32-35(40-23-28-16-10-5-11-17-28)34(39-22-27-14-8-4-9-15-27)31(42-36(32)41-30)24-38-21-26-12-6-3-7-13-26/h3-20,31-36H,21-24H2,1-2H3. The first-order valence-corrected chi connectivity index (χ1v) is 14.6. The predicted molar refractivity (Wildman–Crippen MR) is 160 cm³/mol. The molecule has 2 aliphatic heterocycles. The summed E-state index contributed by atoms with van der Waals surface area (Å²) >= 11 is 0. The van der Waals surface area contributed by atoms with E-state index in [4.69, 9.17) is 28.4 Å². The summed E-state index contributed by atoms with van der Waals surface area (Å²) in [5.41, 5.74) is 5.40. The second-order valence-corrected chi connectivity index (χ2v) is 11.0. The van der Waals surface area contributed by atoms with Crippen molar-refractivity contribution in [2.75, 3.05) is 13.7 Å². The van der Waals surface area contributed by atoms with Gasteiger partial charge in [0.2, 0.25) is 6.29 Å². The normalized spacial score (nSPS) is 24.8. The topological polar surface area (TPSA) is 55.4 Å². The molecule has 0 radical (unpaired) electrons. The molecule has 6 nitrogen and oxygen atoms in total. The van der Waals surface area contributed by atoms with Crippen LogP contribution in [0.3, 0.4) is 0 Å². The van der Waals surface area contributed by atoms with Crippen molar-refractivity contribution >= 4 is 0 Å². The molecule has 2 aliphatic rings. The number of hydrogen-bond donors (Lipinski definition) is 0. The third-order valence-corrected chi connectivity index (χ3v) is 7.98. The van der Waals surface area contributed by atoms with Crippen molar-refractivity contribution in [1.82, 2.24) is 0 Å². The zero-order valence-corrected chi connectivity index (χ0v) is 24.1. The second-order valence-electron chi connectivity index (χ2n) is 11.0. The van der Waals surface area contributed by atoms with E-state index in [-0.39, 0.29) is 12.0 Å². The summed E-state index contributed by atoms with van der Waals surface area (Å²) in [7, 11) is 1.74. The zero-order chi connectivity index (χ0) is 28.7. The number of aryl methyl sites for hydroxylation is 1. The van der Waals surface area contributed by atoms with Gasteiger partial charge in [-0.1, -0.05) is 103 Å². The maximum atomic E-state index is 6.79. The molecule has 1 saturated heterocycles. The zero-order valence-electron chi connectivity index (χ0n) is 24.1. The molecule has 4 aromatic carbocycles. The van der Waals surface area contributed by atoms with E-state index in [9.17, 15) is 0 Å². The second kappa shape index (κ2) is 13.6. The maximum Gasteiger partial charge on any atom is 0.208 e. The van der Waals surface area contributed by atoms with Crippen LogP contribution in [0.4, 0.5) is 0 Å². The van der Waals surface area contributed by atoms with Gasteiger partial charge in [0.15, 0.2) is 0 Å². The average Bonchev–Trinajstić information content (AvgIpc) is 3.03. The van der Waals surface area contributed by atoms with E-state index in [2.05, 4.69) is 49.4 Å². The van der Waals surface area contributed by atoms with Gasteiger partial charge in [0.05, 0.1) is 44.6 Å². The van der Waals surface area contributed by atoms with E-state index < -0.39 is 24.6 Å². The molecule has 0 amide bonds. The van der Waals surface area contributed by atoms with E-state index in [1.165, 1.54) is 0 Å². The van der Waals surface area contributed by atoms with Crippen LogP contribution in [0, 0.1) is 12.8 Å². The first-order valence-electron chi connectivity index (χ1n) is 14.6. The van der Waals surface area contributed by atoms with Crippen LogP contribution < -0.4 is 4.74 Å². The molecule has 218 valence electrons. The lowest BCUT2D eigenvalue weighted by Gasteiger charge is -2.50. The van der Waals surface area contributed by atoms with Crippen LogP contribution in [0.5, 0.6) is 5.75 Å². The van der Waals surface area contributed by atoms with Gasteiger partial charge in [-0.2, -0.15) is 0 Å². The molecule has 42 heavy (non-hydrogen) atoms. The number of methoxy groups -OCH3 is 1. The first-order chi connectivity index (χ1) is 20.7. The Kier molecular flexibility index (Phi) is 9.28. The molecule has 0 saturated carbocycles. The van der Waals surface area contributed by atoms with Crippen LogP contribution in [-0.4, -0.2) is 38.3 Å². The number of benzene rings is 4. The Hall–Kier alpha value is -3.52. The van der Waals surface area contributed by atoms with Crippen molar-refractivity contribution in [2.45, 2.75) is 57.5 Å². The summed E-state index contributed by atoms with van der Waals surface area (Å²) < 4.78 is 39.1. The van der Waals surface area contributed by atoms with Crippen molar-refractivity contribution in [3.63, 3.8) is 0 Å². The summed E-state index contributed by atoms with van der Waals surface area (Å²) in [6, 6.07) is 36.7. The number of rotatable bonds is 11. The molecule has 0 bridgehead atoms. The van der Waals surface area contributed by atoms with Crippen molar-refractivity contribution in [3.05, 3.63) is 137 Å². The van der Waals surface area contributed by atoms with Gasteiger partial charge in [-0.15, -0.1) is 0 Å². The maximum absolute atomic E-state index is 6.79. The highest BCUT2D eigenvalue weighted by Gasteiger charge is 2.54. The Labute approximate surface area is 248 Å². The Bertz CT molecular complexity index is 1400. The molecule has 0 aliphatic carbocycles. The molecule has 0 N–H and O–H groups in total. The molecule has 0 aromatic heterocycles. The molecule has 6 atom stereocenters. The van der Waals surface area contributed by atoms with Gasteiger partial charge in [-0.3, -0.25) is 0 Å². The van der Waals surface area contributed by atoms with Crippen LogP contribution in [0.25, 0.3) is 0 Å². The van der Waals surface area contributed by atoms with Crippen LogP contribution in [0.15, 0.2) is 109 Å². The third-order valence-electron chi connectivity index (χ3n) is 7.98. The Morgan fingerprint density at radius 1 is 0.667 bits per heavy atom. The lowest BCUT2D eigenvalue weighted by molar-refractivity contribution is -0.306. The van der Waals surface area contributed by atoms with Crippen LogP contribution in [0.1, 0.15) is 33.9 Å². The molecule has 1 fully saturated rings. The van der Waals surface area contributed by atoms with E-state index in [1.807, 2.05) is 66.7 Å². The minimum atomic E-state index is -0.590. The SMILES string of the molecule is COC1c2cc(C)ccc2OC2OC(COCc3ccccc3)C(OCc3ccccc3)C(OCc3ccccc3)C21. The summed E-state index contributed by atoms with van der Waals surface area (Å²) in [4.78, 5) is 0. The summed E-state index contributed by atoms with van der Waals surface area (Å²) in [6.07, 6.45) is -2.14. The molecular weight excluding hydrogens is 528 g/mol. The number of hydrogen-bond acceptors (Lipinski definition) is 6. The first kappa shape index (κ1) is 28.6. The van der Waals surface area contributed by atoms with Crippen molar-refractivity contribution in [3.8, 4) is 5.75 Å². The third kappa shape index (κ3) is 6.59. The van der Waals surface area contributed by atoms with Crippen molar-refractivity contribution in [2.24, 2.45) is 5.92 Å². The van der Waals surface area contributed by atoms with E-state index in [1.54, 1.807) is 7.11 Å². The van der Waals surface area contributed by atoms with E-state index in [0.717, 1.165) is 33.6 Å². The molecule has 4 aromatic rings. The monoisotopic (exact) mass is 566 g/mol. The molecule has 2 heterocycles. The minimum absolute atomic E-state index is 0.265. The van der Waals surface area contributed by atoms with E-state index in [0.29, 0.717) is 26.4 Å². The van der Waals surface area contributed by atoms with Gasteiger partial charge >= 0.3 is 0 Å². The average molecular weight is 567 g/mol. The van der Waals surface area contributed by atoms with Gasteiger partial charge in [0, 0.05) is 12.7 Å². The Morgan fingerprint density at radius 3 is 1.83 bits per heavy atom. The highest BCUT2D eigenvalue weighted by Crippen LogP contribution is 2.47. The van der Waals surface area contributed by atoms with Crippen LogP contribution in [0.2, 0.25) is 0 Å². The fourth-order valence-electron chi connectivity index (χ4n) is 5.90. The fraction of sp³-hybridized carbons (Fsp3) is 0.333. The van der Waals surface area contributed by atoms with Gasteiger partial charge in [-0.25, -0.2) is 0 Å². The largest absolute Gasteiger partial charge is 0.464 e. The number of fused-ring (bicyclic) bond motifs is 2. The minimum Gasteiger partial charge on any atom is -0.464 e. The Morgan fingerprint density at radius 2 is 1.24 bits per heavy atom. The van der Waals surface area contributed by atoms with Crippen LogP contribution in [-0.2, 0) is 43.5 Å².